The summed E-state index contributed by atoms with van der Waals surface area (Å²) in [4.78, 5) is 18.8. The largest absolute Gasteiger partial charge is 0.354 e. The summed E-state index contributed by atoms with van der Waals surface area (Å²) in [5.74, 6) is 0.0432. The van der Waals surface area contributed by atoms with Gasteiger partial charge in [-0.2, -0.15) is 0 Å². The van der Waals surface area contributed by atoms with Gasteiger partial charge in [-0.1, -0.05) is 35.9 Å². The lowest BCUT2D eigenvalue weighted by Crippen LogP contribution is -2.37. The van der Waals surface area contributed by atoms with Crippen LogP contribution in [0.2, 0.25) is 0 Å². The van der Waals surface area contributed by atoms with Crippen molar-refractivity contribution < 1.29 is 4.79 Å². The zero-order chi connectivity index (χ0) is 16.7. The molecule has 0 bridgehead atoms. The van der Waals surface area contributed by atoms with Crippen LogP contribution < -0.4 is 5.32 Å². The van der Waals surface area contributed by atoms with Crippen molar-refractivity contribution in [3.63, 3.8) is 0 Å². The predicted molar refractivity (Wildman–Crippen MR) is 93.2 cm³/mol. The first-order valence-electron chi connectivity index (χ1n) is 7.98. The summed E-state index contributed by atoms with van der Waals surface area (Å²) < 4.78 is 0. The Kier molecular flexibility index (Phi) is 6.29. The molecule has 0 aliphatic heterocycles. The van der Waals surface area contributed by atoms with Gasteiger partial charge >= 0.3 is 0 Å². The Morgan fingerprint density at radius 1 is 1.22 bits per heavy atom. The maximum absolute atomic E-state index is 12.5. The highest BCUT2D eigenvalue weighted by Gasteiger charge is 2.22. The highest BCUT2D eigenvalue weighted by Crippen LogP contribution is 2.19. The first kappa shape index (κ1) is 17.2. The minimum Gasteiger partial charge on any atom is -0.354 e. The molecule has 2 rings (SSSR count). The van der Waals surface area contributed by atoms with Gasteiger partial charge in [0.05, 0.1) is 0 Å². The van der Waals surface area contributed by atoms with Crippen LogP contribution in [0.3, 0.4) is 0 Å². The number of pyridine rings is 1. The van der Waals surface area contributed by atoms with E-state index in [9.17, 15) is 4.79 Å². The molecule has 1 amide bonds. The van der Waals surface area contributed by atoms with Crippen molar-refractivity contribution >= 4 is 5.91 Å². The standard InChI is InChI=1S/C19H25N3O/c1-15-8-6-9-16(14-15)18(22(2)3)19(23)21-13-7-11-17-10-4-5-12-20-17/h4-6,8-10,12,14,18H,7,11,13H2,1-3H3,(H,21,23). The number of amides is 1. The first-order chi connectivity index (χ1) is 11.1. The molecule has 1 unspecified atom stereocenters. The number of rotatable bonds is 7. The van der Waals surface area contributed by atoms with Crippen LogP contribution in [0.5, 0.6) is 0 Å². The van der Waals surface area contributed by atoms with Crippen LogP contribution in [0.15, 0.2) is 48.7 Å². The molecule has 1 heterocycles. The van der Waals surface area contributed by atoms with E-state index in [4.69, 9.17) is 0 Å². The van der Waals surface area contributed by atoms with Gasteiger partial charge in [0.25, 0.3) is 0 Å². The van der Waals surface area contributed by atoms with Gasteiger partial charge in [-0.15, -0.1) is 0 Å². The number of nitrogens with zero attached hydrogens (tertiary/aromatic N) is 2. The molecule has 0 spiro atoms. The van der Waals surface area contributed by atoms with Crippen molar-refractivity contribution in [1.29, 1.82) is 0 Å². The molecule has 0 aliphatic rings. The van der Waals surface area contributed by atoms with Gasteiger partial charge in [0, 0.05) is 18.4 Å². The lowest BCUT2D eigenvalue weighted by molar-refractivity contribution is -0.125. The molecular formula is C19H25N3O. The molecule has 4 heteroatoms. The van der Waals surface area contributed by atoms with Gasteiger partial charge in [0.15, 0.2) is 0 Å². The molecule has 0 aliphatic carbocycles. The number of hydrogen-bond acceptors (Lipinski definition) is 3. The van der Waals surface area contributed by atoms with E-state index in [1.54, 1.807) is 6.20 Å². The second-order valence-electron chi connectivity index (χ2n) is 6.00. The van der Waals surface area contributed by atoms with Crippen LogP contribution in [0.1, 0.15) is 29.3 Å². The second-order valence-corrected chi connectivity index (χ2v) is 6.00. The van der Waals surface area contributed by atoms with Crippen molar-refractivity contribution in [2.45, 2.75) is 25.8 Å². The van der Waals surface area contributed by atoms with Crippen LogP contribution in [0.4, 0.5) is 0 Å². The zero-order valence-electron chi connectivity index (χ0n) is 14.1. The Bertz CT molecular complexity index is 626. The third kappa shape index (κ3) is 5.18. The summed E-state index contributed by atoms with van der Waals surface area (Å²) in [5.41, 5.74) is 3.25. The van der Waals surface area contributed by atoms with Crippen molar-refractivity contribution in [3.05, 3.63) is 65.5 Å². The van der Waals surface area contributed by atoms with Crippen molar-refractivity contribution in [1.82, 2.24) is 15.2 Å². The number of nitrogens with one attached hydrogen (secondary N) is 1. The molecule has 1 aromatic heterocycles. The van der Waals surface area contributed by atoms with Gasteiger partial charge in [0.1, 0.15) is 6.04 Å². The number of carbonyl (C=O) groups excluding carboxylic acids is 1. The van der Waals surface area contributed by atoms with Gasteiger partial charge in [-0.25, -0.2) is 0 Å². The molecule has 122 valence electrons. The van der Waals surface area contributed by atoms with Crippen molar-refractivity contribution in [3.8, 4) is 0 Å². The van der Waals surface area contributed by atoms with Crippen molar-refractivity contribution in [2.75, 3.05) is 20.6 Å². The Morgan fingerprint density at radius 2 is 2.04 bits per heavy atom. The fourth-order valence-electron chi connectivity index (χ4n) is 2.65. The SMILES string of the molecule is Cc1cccc(C(C(=O)NCCCc2ccccn2)N(C)C)c1. The van der Waals surface area contributed by atoms with Gasteiger partial charge in [-0.05, 0) is 51.6 Å². The molecule has 0 saturated carbocycles. The summed E-state index contributed by atoms with van der Waals surface area (Å²) >= 11 is 0. The van der Waals surface area contributed by atoms with E-state index < -0.39 is 0 Å². The number of benzene rings is 1. The lowest BCUT2D eigenvalue weighted by atomic mass is 10.0. The van der Waals surface area contributed by atoms with Gasteiger partial charge in [-0.3, -0.25) is 14.7 Å². The van der Waals surface area contributed by atoms with E-state index in [0.29, 0.717) is 6.54 Å². The molecular weight excluding hydrogens is 286 g/mol. The van der Waals surface area contributed by atoms with Crippen LogP contribution in [-0.2, 0) is 11.2 Å². The van der Waals surface area contributed by atoms with E-state index in [1.807, 2.05) is 62.3 Å². The van der Waals surface area contributed by atoms with Crippen LogP contribution in [-0.4, -0.2) is 36.4 Å². The lowest BCUT2D eigenvalue weighted by Gasteiger charge is -2.24. The molecule has 23 heavy (non-hydrogen) atoms. The topological polar surface area (TPSA) is 45.2 Å². The van der Waals surface area contributed by atoms with E-state index in [-0.39, 0.29) is 11.9 Å². The minimum atomic E-state index is -0.259. The average molecular weight is 311 g/mol. The normalized spacial score (nSPS) is 12.2. The summed E-state index contributed by atoms with van der Waals surface area (Å²) in [5, 5.41) is 3.04. The van der Waals surface area contributed by atoms with E-state index in [1.165, 1.54) is 0 Å². The highest BCUT2D eigenvalue weighted by atomic mass is 16.2. The maximum atomic E-state index is 12.5. The van der Waals surface area contributed by atoms with Crippen LogP contribution >= 0.6 is 0 Å². The van der Waals surface area contributed by atoms with Gasteiger partial charge < -0.3 is 5.32 Å². The first-order valence-corrected chi connectivity index (χ1v) is 7.98. The fraction of sp³-hybridized carbons (Fsp3) is 0.368. The molecule has 2 aromatic rings. The molecule has 1 aromatic carbocycles. The molecule has 1 atom stereocenters. The van der Waals surface area contributed by atoms with E-state index >= 15 is 0 Å². The summed E-state index contributed by atoms with van der Waals surface area (Å²) in [6, 6.07) is 13.8. The Hall–Kier alpha value is -2.20. The Labute approximate surface area is 138 Å². The predicted octanol–water partition coefficient (Wildman–Crippen LogP) is 2.74. The summed E-state index contributed by atoms with van der Waals surface area (Å²) in [6.45, 7) is 2.70. The van der Waals surface area contributed by atoms with Crippen LogP contribution in [0, 0.1) is 6.92 Å². The molecule has 1 N–H and O–H groups in total. The molecule has 4 nitrogen and oxygen atoms in total. The summed E-state index contributed by atoms with van der Waals surface area (Å²) in [6.07, 6.45) is 3.56. The third-order valence-electron chi connectivity index (χ3n) is 3.76. The summed E-state index contributed by atoms with van der Waals surface area (Å²) in [7, 11) is 3.86. The number of likely N-dealkylation sites (N-methyl/N-ethyl adjacent to an activating group) is 1. The minimum absolute atomic E-state index is 0.0432. The van der Waals surface area contributed by atoms with Crippen LogP contribution in [0.25, 0.3) is 0 Å². The fourth-order valence-corrected chi connectivity index (χ4v) is 2.65. The molecule has 0 saturated heterocycles. The smallest absolute Gasteiger partial charge is 0.241 e. The highest BCUT2D eigenvalue weighted by molar-refractivity contribution is 5.83. The Balaban J connectivity index is 1.89. The van der Waals surface area contributed by atoms with E-state index in [0.717, 1.165) is 29.7 Å². The maximum Gasteiger partial charge on any atom is 0.241 e. The average Bonchev–Trinajstić information content (AvgIpc) is 2.52. The third-order valence-corrected chi connectivity index (χ3v) is 3.76. The molecule has 0 radical (unpaired) electrons. The number of hydrogen-bond donors (Lipinski definition) is 1. The monoisotopic (exact) mass is 311 g/mol. The van der Waals surface area contributed by atoms with E-state index in [2.05, 4.69) is 16.4 Å². The number of aryl methyl sites for hydroxylation is 2. The quantitative estimate of drug-likeness (QED) is 0.800. The number of carbonyl (C=O) groups is 1. The second kappa shape index (κ2) is 8.44. The zero-order valence-corrected chi connectivity index (χ0v) is 14.1. The van der Waals surface area contributed by atoms with Crippen molar-refractivity contribution in [2.24, 2.45) is 0 Å². The number of aromatic nitrogens is 1. The Morgan fingerprint density at radius 3 is 2.70 bits per heavy atom. The van der Waals surface area contributed by atoms with Gasteiger partial charge in [0.2, 0.25) is 5.91 Å². The molecule has 0 fully saturated rings.